The quantitative estimate of drug-likeness (QED) is 0.648. The van der Waals surface area contributed by atoms with Gasteiger partial charge in [0, 0.05) is 62.3 Å². The highest BCUT2D eigenvalue weighted by Gasteiger charge is 2.19. The second kappa shape index (κ2) is 10.1. The molecular formula is C23H29N5O2S. The molecule has 164 valence electrons. The van der Waals surface area contributed by atoms with Gasteiger partial charge in [0.1, 0.15) is 0 Å². The van der Waals surface area contributed by atoms with Crippen LogP contribution in [-0.4, -0.2) is 65.8 Å². The molecule has 1 fully saturated rings. The molecule has 8 heteroatoms. The van der Waals surface area contributed by atoms with Crippen molar-refractivity contribution in [1.29, 1.82) is 0 Å². The SMILES string of the molecule is CS(=O)N1CCN(c2ccc(C(=O)CCc3ccc(NC4=NCCN4)cc3)cc2)CC1. The van der Waals surface area contributed by atoms with Crippen LogP contribution in [0.2, 0.25) is 0 Å². The van der Waals surface area contributed by atoms with Crippen LogP contribution in [0.25, 0.3) is 0 Å². The summed E-state index contributed by atoms with van der Waals surface area (Å²) in [6.07, 6.45) is 2.93. The van der Waals surface area contributed by atoms with E-state index in [0.29, 0.717) is 6.42 Å². The van der Waals surface area contributed by atoms with Crippen LogP contribution in [0.1, 0.15) is 22.3 Å². The molecule has 0 radical (unpaired) electrons. The van der Waals surface area contributed by atoms with Crippen molar-refractivity contribution >= 4 is 34.1 Å². The minimum absolute atomic E-state index is 0.157. The van der Waals surface area contributed by atoms with Crippen molar-refractivity contribution in [2.75, 3.05) is 55.7 Å². The number of nitrogens with one attached hydrogen (secondary N) is 2. The Balaban J connectivity index is 1.26. The summed E-state index contributed by atoms with van der Waals surface area (Å²) in [5, 5.41) is 6.44. The van der Waals surface area contributed by atoms with E-state index in [1.54, 1.807) is 6.26 Å². The normalized spacial score (nSPS) is 17.7. The Morgan fingerprint density at radius 3 is 2.39 bits per heavy atom. The first kappa shape index (κ1) is 21.5. The van der Waals surface area contributed by atoms with Gasteiger partial charge in [-0.3, -0.25) is 9.79 Å². The summed E-state index contributed by atoms with van der Waals surface area (Å²) in [5.74, 6) is 0.970. The smallest absolute Gasteiger partial charge is 0.195 e. The van der Waals surface area contributed by atoms with E-state index in [2.05, 4.69) is 32.7 Å². The Morgan fingerprint density at radius 2 is 1.77 bits per heavy atom. The molecule has 0 saturated carbocycles. The molecule has 4 rings (SSSR count). The zero-order chi connectivity index (χ0) is 21.6. The van der Waals surface area contributed by atoms with Gasteiger partial charge >= 0.3 is 0 Å². The van der Waals surface area contributed by atoms with Crippen molar-refractivity contribution in [3.05, 3.63) is 59.7 Å². The van der Waals surface area contributed by atoms with E-state index in [-0.39, 0.29) is 5.78 Å². The number of guanidine groups is 1. The number of ketones is 1. The molecule has 0 spiro atoms. The Hall–Kier alpha value is -2.71. The van der Waals surface area contributed by atoms with E-state index < -0.39 is 11.0 Å². The van der Waals surface area contributed by atoms with Crippen molar-refractivity contribution in [3.8, 4) is 0 Å². The topological polar surface area (TPSA) is 77.0 Å². The van der Waals surface area contributed by atoms with Crippen LogP contribution in [0.4, 0.5) is 11.4 Å². The fourth-order valence-corrected chi connectivity index (χ4v) is 4.51. The monoisotopic (exact) mass is 439 g/mol. The second-order valence-corrected chi connectivity index (χ2v) is 9.15. The molecule has 1 saturated heterocycles. The lowest BCUT2D eigenvalue weighted by Gasteiger charge is -2.34. The Morgan fingerprint density at radius 1 is 1.06 bits per heavy atom. The molecule has 2 heterocycles. The summed E-state index contributed by atoms with van der Waals surface area (Å²) in [6, 6.07) is 16.0. The molecule has 2 aliphatic heterocycles. The molecule has 2 aliphatic rings. The third-order valence-electron chi connectivity index (χ3n) is 5.69. The molecule has 0 bridgehead atoms. The average Bonchev–Trinajstić information content (AvgIpc) is 3.32. The number of anilines is 2. The van der Waals surface area contributed by atoms with Crippen LogP contribution in [0.5, 0.6) is 0 Å². The van der Waals surface area contributed by atoms with Crippen LogP contribution >= 0.6 is 0 Å². The van der Waals surface area contributed by atoms with E-state index in [9.17, 15) is 9.00 Å². The Bertz CT molecular complexity index is 951. The van der Waals surface area contributed by atoms with Gasteiger partial charge in [0.15, 0.2) is 11.7 Å². The molecular weight excluding hydrogens is 410 g/mol. The maximum absolute atomic E-state index is 12.6. The molecule has 1 unspecified atom stereocenters. The summed E-state index contributed by atoms with van der Waals surface area (Å²) < 4.78 is 13.6. The van der Waals surface area contributed by atoms with E-state index in [4.69, 9.17) is 0 Å². The number of aryl methyl sites for hydroxylation is 1. The minimum atomic E-state index is -0.904. The van der Waals surface area contributed by atoms with Crippen LogP contribution in [0.3, 0.4) is 0 Å². The number of benzene rings is 2. The van der Waals surface area contributed by atoms with Gasteiger partial charge in [0.25, 0.3) is 0 Å². The van der Waals surface area contributed by atoms with Crippen LogP contribution in [0.15, 0.2) is 53.5 Å². The van der Waals surface area contributed by atoms with Crippen molar-refractivity contribution in [1.82, 2.24) is 9.62 Å². The Labute approximate surface area is 186 Å². The third kappa shape index (κ3) is 5.71. The van der Waals surface area contributed by atoms with E-state index >= 15 is 0 Å². The predicted molar refractivity (Wildman–Crippen MR) is 127 cm³/mol. The molecule has 31 heavy (non-hydrogen) atoms. The predicted octanol–water partition coefficient (Wildman–Crippen LogP) is 2.29. The number of carbonyl (C=O) groups is 1. The molecule has 7 nitrogen and oxygen atoms in total. The fraction of sp³-hybridized carbons (Fsp3) is 0.391. The first-order chi connectivity index (χ1) is 15.1. The minimum Gasteiger partial charge on any atom is -0.369 e. The van der Waals surface area contributed by atoms with Crippen molar-refractivity contribution < 1.29 is 9.00 Å². The summed E-state index contributed by atoms with van der Waals surface area (Å²) in [4.78, 5) is 19.2. The van der Waals surface area contributed by atoms with Gasteiger partial charge < -0.3 is 15.5 Å². The summed E-state index contributed by atoms with van der Waals surface area (Å²) in [6.45, 7) is 4.97. The van der Waals surface area contributed by atoms with E-state index in [1.807, 2.05) is 40.7 Å². The van der Waals surface area contributed by atoms with E-state index in [1.165, 1.54) is 0 Å². The van der Waals surface area contributed by atoms with Crippen molar-refractivity contribution in [3.63, 3.8) is 0 Å². The maximum atomic E-state index is 12.6. The lowest BCUT2D eigenvalue weighted by Crippen LogP contribution is -2.46. The number of nitrogens with zero attached hydrogens (tertiary/aromatic N) is 3. The molecule has 1 atom stereocenters. The molecule has 0 aromatic heterocycles. The van der Waals surface area contributed by atoms with Crippen molar-refractivity contribution in [2.45, 2.75) is 12.8 Å². The zero-order valence-corrected chi connectivity index (χ0v) is 18.7. The summed E-state index contributed by atoms with van der Waals surface area (Å²) in [5.41, 5.74) is 4.00. The molecule has 2 aromatic rings. The van der Waals surface area contributed by atoms with Gasteiger partial charge in [-0.15, -0.1) is 0 Å². The Kier molecular flexibility index (Phi) is 6.99. The third-order valence-corrected chi connectivity index (χ3v) is 6.78. The maximum Gasteiger partial charge on any atom is 0.195 e. The van der Waals surface area contributed by atoms with Gasteiger partial charge in [-0.2, -0.15) is 0 Å². The summed E-state index contributed by atoms with van der Waals surface area (Å²) >= 11 is 0. The first-order valence-corrected chi connectivity index (χ1v) is 12.2. The lowest BCUT2D eigenvalue weighted by atomic mass is 10.0. The van der Waals surface area contributed by atoms with Gasteiger partial charge in [-0.1, -0.05) is 12.1 Å². The van der Waals surface area contributed by atoms with Crippen LogP contribution in [-0.2, 0) is 17.4 Å². The van der Waals surface area contributed by atoms with Crippen LogP contribution in [0, 0.1) is 0 Å². The average molecular weight is 440 g/mol. The highest BCUT2D eigenvalue weighted by molar-refractivity contribution is 7.81. The van der Waals surface area contributed by atoms with Crippen molar-refractivity contribution in [2.24, 2.45) is 4.99 Å². The number of Topliss-reactive ketones (excluding diaryl/α,β-unsaturated/α-hetero) is 1. The highest BCUT2D eigenvalue weighted by atomic mass is 32.2. The highest BCUT2D eigenvalue weighted by Crippen LogP contribution is 2.19. The number of piperazine rings is 1. The number of aliphatic imine (C=N–C) groups is 1. The lowest BCUT2D eigenvalue weighted by molar-refractivity contribution is 0.0983. The molecule has 2 aromatic carbocycles. The largest absolute Gasteiger partial charge is 0.369 e. The van der Waals surface area contributed by atoms with Gasteiger partial charge in [-0.25, -0.2) is 8.51 Å². The summed E-state index contributed by atoms with van der Waals surface area (Å²) in [7, 11) is -0.904. The van der Waals surface area contributed by atoms with E-state index in [0.717, 1.165) is 74.2 Å². The molecule has 0 amide bonds. The van der Waals surface area contributed by atoms with Gasteiger partial charge in [-0.05, 0) is 48.4 Å². The zero-order valence-electron chi connectivity index (χ0n) is 17.8. The number of carbonyl (C=O) groups excluding carboxylic acids is 1. The molecule has 0 aliphatic carbocycles. The molecule has 2 N–H and O–H groups in total. The number of hydrogen-bond acceptors (Lipinski definition) is 6. The number of rotatable bonds is 7. The van der Waals surface area contributed by atoms with Gasteiger partial charge in [0.05, 0.1) is 17.5 Å². The van der Waals surface area contributed by atoms with Crippen LogP contribution < -0.4 is 15.5 Å². The first-order valence-electron chi connectivity index (χ1n) is 10.7. The fourth-order valence-electron chi connectivity index (χ4n) is 3.84. The number of hydrogen-bond donors (Lipinski definition) is 2. The van der Waals surface area contributed by atoms with Gasteiger partial charge in [0.2, 0.25) is 0 Å². The second-order valence-electron chi connectivity index (χ2n) is 7.79. The standard InChI is InChI=1S/C23H29N5O2S/c1-31(30)28-16-14-27(15-17-28)21-9-5-19(6-10-21)22(29)11-4-18-2-7-20(8-3-18)26-23-24-12-13-25-23/h2-3,5-10H,4,11-17H2,1H3,(H2,24,25,26).